The highest BCUT2D eigenvalue weighted by Crippen LogP contribution is 2.35. The van der Waals surface area contributed by atoms with Gasteiger partial charge >= 0.3 is 5.97 Å². The average Bonchev–Trinajstić information content (AvgIpc) is 2.93. The molecular formula is C16H21O4PS. The Labute approximate surface area is 137 Å². The van der Waals surface area contributed by atoms with Crippen molar-refractivity contribution in [2.45, 2.75) is 37.8 Å². The van der Waals surface area contributed by atoms with Crippen LogP contribution in [-0.2, 0) is 25.4 Å². The van der Waals surface area contributed by atoms with Crippen LogP contribution in [0.5, 0.6) is 0 Å². The third-order valence-corrected chi connectivity index (χ3v) is 5.25. The molecule has 1 aromatic rings. The second kappa shape index (κ2) is 7.78. The molecule has 2 fully saturated rings. The monoisotopic (exact) mass is 340 g/mol. The van der Waals surface area contributed by atoms with Crippen molar-refractivity contribution in [3.8, 4) is 0 Å². The smallest absolute Gasteiger partial charge is 0.307 e. The largest absolute Gasteiger partial charge is 0.457 e. The minimum Gasteiger partial charge on any atom is -0.457 e. The van der Waals surface area contributed by atoms with Crippen LogP contribution in [0.1, 0.15) is 18.4 Å². The Morgan fingerprint density at radius 3 is 2.95 bits per heavy atom. The van der Waals surface area contributed by atoms with Gasteiger partial charge in [0, 0.05) is 11.7 Å². The van der Waals surface area contributed by atoms with Gasteiger partial charge in [0.25, 0.3) is 0 Å². The normalized spacial score (nSPS) is 30.2. The molecule has 3 unspecified atom stereocenters. The van der Waals surface area contributed by atoms with Crippen LogP contribution in [0.2, 0.25) is 0 Å². The van der Waals surface area contributed by atoms with E-state index in [1.165, 1.54) is 5.56 Å². The molecule has 0 aliphatic carbocycles. The van der Waals surface area contributed by atoms with Gasteiger partial charge in [0.15, 0.2) is 12.4 Å². The zero-order valence-electron chi connectivity index (χ0n) is 12.4. The topological polar surface area (TPSA) is 44.8 Å². The van der Waals surface area contributed by atoms with Crippen LogP contribution < -0.4 is 0 Å². The number of hydrogen-bond donors (Lipinski definition) is 0. The predicted molar refractivity (Wildman–Crippen MR) is 89.5 cm³/mol. The van der Waals surface area contributed by atoms with Gasteiger partial charge in [-0.2, -0.15) is 0 Å². The summed E-state index contributed by atoms with van der Waals surface area (Å²) in [4.78, 5) is 12.0. The summed E-state index contributed by atoms with van der Waals surface area (Å²) in [6, 6.07) is 10.3. The van der Waals surface area contributed by atoms with Crippen molar-refractivity contribution in [3.05, 3.63) is 35.9 Å². The summed E-state index contributed by atoms with van der Waals surface area (Å²) >= 11 is 1.56. The van der Waals surface area contributed by atoms with Crippen molar-refractivity contribution >= 4 is 25.8 Å². The highest BCUT2D eigenvalue weighted by Gasteiger charge is 2.46. The molecule has 3 rings (SSSR count). The number of rotatable bonds is 6. The lowest BCUT2D eigenvalue weighted by Crippen LogP contribution is -2.44. The van der Waals surface area contributed by atoms with Gasteiger partial charge in [0.2, 0.25) is 0 Å². The minimum absolute atomic E-state index is 0.135. The molecule has 0 saturated carbocycles. The van der Waals surface area contributed by atoms with Crippen LogP contribution in [-0.4, -0.2) is 36.8 Å². The lowest BCUT2D eigenvalue weighted by Gasteiger charge is -2.34. The summed E-state index contributed by atoms with van der Waals surface area (Å²) in [7, 11) is 2.55. The summed E-state index contributed by atoms with van der Waals surface area (Å²) in [5.74, 6) is 0.825. The summed E-state index contributed by atoms with van der Waals surface area (Å²) in [6.45, 7) is 0.603. The van der Waals surface area contributed by atoms with Gasteiger partial charge in [-0.25, -0.2) is 0 Å². The van der Waals surface area contributed by atoms with E-state index in [9.17, 15) is 4.79 Å². The molecule has 120 valence electrons. The molecule has 2 heterocycles. The van der Waals surface area contributed by atoms with Crippen molar-refractivity contribution < 1.29 is 19.0 Å². The van der Waals surface area contributed by atoms with E-state index in [4.69, 9.17) is 14.2 Å². The van der Waals surface area contributed by atoms with Crippen LogP contribution in [0, 0.1) is 5.92 Å². The highest BCUT2D eigenvalue weighted by molar-refractivity contribution is 8.43. The van der Waals surface area contributed by atoms with Gasteiger partial charge in [-0.05, 0) is 18.4 Å². The van der Waals surface area contributed by atoms with Gasteiger partial charge in [-0.1, -0.05) is 38.8 Å². The third-order valence-electron chi connectivity index (χ3n) is 4.10. The van der Waals surface area contributed by atoms with E-state index in [2.05, 4.69) is 20.6 Å². The molecule has 4 nitrogen and oxygen atoms in total. The Morgan fingerprint density at radius 1 is 1.36 bits per heavy atom. The fourth-order valence-corrected chi connectivity index (χ4v) is 3.72. The molecule has 6 heteroatoms. The second-order valence-electron chi connectivity index (χ2n) is 5.72. The van der Waals surface area contributed by atoms with Crippen molar-refractivity contribution in [3.63, 3.8) is 0 Å². The van der Waals surface area contributed by atoms with Crippen molar-refractivity contribution in [2.75, 3.05) is 12.4 Å². The van der Waals surface area contributed by atoms with Gasteiger partial charge in [0.1, 0.15) is 0 Å². The van der Waals surface area contributed by atoms with E-state index in [1.54, 1.807) is 11.4 Å². The Morgan fingerprint density at radius 2 is 2.18 bits per heavy atom. The van der Waals surface area contributed by atoms with E-state index in [0.717, 1.165) is 18.6 Å². The van der Waals surface area contributed by atoms with E-state index in [-0.39, 0.29) is 24.1 Å². The molecule has 0 spiro atoms. The predicted octanol–water partition coefficient (Wildman–Crippen LogP) is 2.82. The number of carbonyl (C=O) groups is 1. The Kier molecular flexibility index (Phi) is 5.75. The summed E-state index contributed by atoms with van der Waals surface area (Å²) in [5.41, 5.74) is 1.26. The maximum absolute atomic E-state index is 12.0. The molecule has 22 heavy (non-hydrogen) atoms. The molecule has 2 aliphatic heterocycles. The van der Waals surface area contributed by atoms with Gasteiger partial charge in [0.05, 0.1) is 19.1 Å². The lowest BCUT2D eigenvalue weighted by atomic mass is 9.87. The fraction of sp³-hybridized carbons (Fsp3) is 0.562. The van der Waals surface area contributed by atoms with Crippen LogP contribution in [0.3, 0.4) is 0 Å². The zero-order chi connectivity index (χ0) is 15.4. The van der Waals surface area contributed by atoms with Crippen LogP contribution in [0.15, 0.2) is 30.3 Å². The fourth-order valence-electron chi connectivity index (χ4n) is 3.08. The van der Waals surface area contributed by atoms with E-state index in [0.29, 0.717) is 13.0 Å². The Hall–Kier alpha value is -0.610. The van der Waals surface area contributed by atoms with Crippen LogP contribution in [0.4, 0.5) is 0 Å². The summed E-state index contributed by atoms with van der Waals surface area (Å²) in [5, 5.41) is 0. The average molecular weight is 340 g/mol. The number of hydrogen-bond acceptors (Lipinski definition) is 5. The van der Waals surface area contributed by atoms with Crippen LogP contribution in [0.25, 0.3) is 0 Å². The number of esters is 1. The van der Waals surface area contributed by atoms with Crippen molar-refractivity contribution in [1.82, 2.24) is 0 Å². The molecule has 2 bridgehead atoms. The number of ether oxygens (including phenoxy) is 3. The first-order valence-electron chi connectivity index (χ1n) is 7.58. The number of carbonyl (C=O) groups excluding carboxylic acids is 1. The maximum Gasteiger partial charge on any atom is 0.307 e. The van der Waals surface area contributed by atoms with E-state index in [1.807, 2.05) is 18.2 Å². The van der Waals surface area contributed by atoms with Crippen molar-refractivity contribution in [2.24, 2.45) is 5.92 Å². The lowest BCUT2D eigenvalue weighted by molar-refractivity contribution is -0.201. The van der Waals surface area contributed by atoms with Gasteiger partial charge in [-0.15, -0.1) is 11.4 Å². The second-order valence-corrected chi connectivity index (χ2v) is 7.46. The first-order valence-corrected chi connectivity index (χ1v) is 10.0. The third kappa shape index (κ3) is 4.02. The minimum atomic E-state index is -0.403. The molecule has 0 amide bonds. The Bertz CT molecular complexity index is 498. The van der Waals surface area contributed by atoms with E-state index >= 15 is 0 Å². The zero-order valence-corrected chi connectivity index (χ0v) is 14.3. The van der Waals surface area contributed by atoms with Gasteiger partial charge < -0.3 is 14.2 Å². The maximum atomic E-state index is 12.0. The molecule has 5 atom stereocenters. The standard InChI is InChI=1S/C16H21O4PS/c17-14(6-7-22-21)20-15-12(8-11-4-2-1-3-5-11)9-13-10-18-16(15)19-13/h1-5,12-13,15-16H,6-10,21H2/t12?,13-,15?,16+/m0/s1. The molecular weight excluding hydrogens is 319 g/mol. The van der Waals surface area contributed by atoms with Gasteiger partial charge in [-0.3, -0.25) is 4.79 Å². The number of benzene rings is 1. The number of fused-ring (bicyclic) bond motifs is 2. The Balaban J connectivity index is 1.67. The summed E-state index contributed by atoms with van der Waals surface area (Å²) in [6.07, 6.45) is 1.61. The first-order chi connectivity index (χ1) is 10.8. The van der Waals surface area contributed by atoms with E-state index < -0.39 is 6.29 Å². The van der Waals surface area contributed by atoms with Crippen molar-refractivity contribution in [1.29, 1.82) is 0 Å². The molecule has 0 aromatic heterocycles. The van der Waals surface area contributed by atoms with Crippen LogP contribution >= 0.6 is 19.8 Å². The SMILES string of the molecule is O=C(CCSP)OC1C(Cc2ccccc2)C[C@H]2CO[C@@H]1O2. The highest BCUT2D eigenvalue weighted by atomic mass is 32.7. The molecule has 0 N–H and O–H groups in total. The summed E-state index contributed by atoms with van der Waals surface area (Å²) < 4.78 is 17.1. The molecule has 1 aromatic carbocycles. The quantitative estimate of drug-likeness (QED) is 0.589. The molecule has 2 aliphatic rings. The molecule has 0 radical (unpaired) electrons. The first kappa shape index (κ1) is 16.3. The molecule has 2 saturated heterocycles.